The summed E-state index contributed by atoms with van der Waals surface area (Å²) in [7, 11) is 2.72. The fourth-order valence-corrected chi connectivity index (χ4v) is 4.01. The minimum absolute atomic E-state index is 0.149. The lowest BCUT2D eigenvalue weighted by atomic mass is 10.1. The van der Waals surface area contributed by atoms with Gasteiger partial charge in [-0.2, -0.15) is 0 Å². The van der Waals surface area contributed by atoms with Crippen molar-refractivity contribution in [1.29, 1.82) is 0 Å². The van der Waals surface area contributed by atoms with Crippen molar-refractivity contribution in [2.45, 2.75) is 71.6 Å². The van der Waals surface area contributed by atoms with Crippen LogP contribution in [0.1, 0.15) is 71.6 Å². The average Bonchev–Trinajstić information content (AvgIpc) is 2.67. The summed E-state index contributed by atoms with van der Waals surface area (Å²) in [5, 5.41) is 9.85. The molecule has 0 heterocycles. The summed E-state index contributed by atoms with van der Waals surface area (Å²) < 4.78 is 0. The van der Waals surface area contributed by atoms with Gasteiger partial charge in [0, 0.05) is 25.3 Å². The minimum Gasteiger partial charge on any atom is -0.338 e. The van der Waals surface area contributed by atoms with E-state index in [4.69, 9.17) is 0 Å². The predicted molar refractivity (Wildman–Crippen MR) is 121 cm³/mol. The lowest BCUT2D eigenvalue weighted by molar-refractivity contribution is -0.120. The van der Waals surface area contributed by atoms with Gasteiger partial charge in [-0.05, 0) is 12.8 Å². The van der Waals surface area contributed by atoms with Crippen molar-refractivity contribution in [1.82, 2.24) is 21.3 Å². The van der Waals surface area contributed by atoms with Gasteiger partial charge in [-0.1, -0.05) is 74.0 Å². The lowest BCUT2D eigenvalue weighted by Gasteiger charge is -2.07. The van der Waals surface area contributed by atoms with E-state index in [0.717, 1.165) is 51.4 Å². The second-order valence-electron chi connectivity index (χ2n) is 6.56. The largest absolute Gasteiger partial charge is 0.338 e. The number of hydrogen-bond donors (Lipinski definition) is 4. The fraction of sp³-hybridized carbons (Fsp3) is 0.789. The van der Waals surface area contributed by atoms with Crippen molar-refractivity contribution >= 4 is 45.5 Å². The summed E-state index contributed by atoms with van der Waals surface area (Å²) in [6, 6.07) is -0.959. The van der Waals surface area contributed by atoms with Gasteiger partial charge in [0.1, 0.15) is 0 Å². The zero-order valence-electron chi connectivity index (χ0n) is 17.6. The van der Waals surface area contributed by atoms with E-state index in [-0.39, 0.29) is 17.6 Å². The molecule has 8 nitrogen and oxygen atoms in total. The molecule has 0 aromatic rings. The minimum atomic E-state index is -0.496. The number of urea groups is 2. The average molecular weight is 449 g/mol. The third kappa shape index (κ3) is 19.7. The normalized spacial score (nSPS) is 10.3. The van der Waals surface area contributed by atoms with Crippen molar-refractivity contribution in [2.75, 3.05) is 24.6 Å². The van der Waals surface area contributed by atoms with Crippen LogP contribution in [0.4, 0.5) is 9.59 Å². The van der Waals surface area contributed by atoms with Crippen LogP contribution in [0.2, 0.25) is 0 Å². The summed E-state index contributed by atoms with van der Waals surface area (Å²) in [4.78, 5) is 46.3. The van der Waals surface area contributed by atoms with E-state index >= 15 is 0 Å². The second-order valence-corrected chi connectivity index (χ2v) is 9.15. The molecule has 0 aliphatic heterocycles. The van der Waals surface area contributed by atoms with Gasteiger partial charge in [0.25, 0.3) is 0 Å². The molecule has 0 spiro atoms. The SMILES string of the molecule is CCCCCCNC(=O)NC(=O)CSSCCNC(=O)NC(=O)CCCCCC. The van der Waals surface area contributed by atoms with Crippen LogP contribution in [0.5, 0.6) is 0 Å². The first-order valence-corrected chi connectivity index (χ1v) is 12.9. The molecule has 0 radical (unpaired) electrons. The number of carbonyl (C=O) groups is 4. The first-order chi connectivity index (χ1) is 14.0. The fourth-order valence-electron chi connectivity index (χ4n) is 2.27. The van der Waals surface area contributed by atoms with Crippen LogP contribution in [0.25, 0.3) is 0 Å². The molecule has 0 aromatic carbocycles. The Balaban J connectivity index is 3.56. The van der Waals surface area contributed by atoms with Crippen LogP contribution in [0.3, 0.4) is 0 Å². The van der Waals surface area contributed by atoms with E-state index in [9.17, 15) is 19.2 Å². The third-order valence-electron chi connectivity index (χ3n) is 3.82. The van der Waals surface area contributed by atoms with Crippen molar-refractivity contribution in [3.63, 3.8) is 0 Å². The summed E-state index contributed by atoms with van der Waals surface area (Å²) in [6.07, 6.45) is 8.59. The Hall–Kier alpha value is -1.42. The Morgan fingerprint density at radius 3 is 1.90 bits per heavy atom. The molecule has 0 saturated heterocycles. The molecule has 0 rings (SSSR count). The second kappa shape index (κ2) is 19.9. The van der Waals surface area contributed by atoms with E-state index in [2.05, 4.69) is 35.1 Å². The molecule has 0 aliphatic rings. The van der Waals surface area contributed by atoms with Crippen molar-refractivity contribution in [3.05, 3.63) is 0 Å². The summed E-state index contributed by atoms with van der Waals surface area (Å²) in [5.74, 6) is 0.115. The smallest absolute Gasteiger partial charge is 0.321 e. The van der Waals surface area contributed by atoms with Crippen LogP contribution in [0.15, 0.2) is 0 Å². The highest BCUT2D eigenvalue weighted by molar-refractivity contribution is 8.76. The van der Waals surface area contributed by atoms with E-state index in [1.807, 2.05) is 0 Å². The molecule has 6 amide bonds. The number of amides is 6. The van der Waals surface area contributed by atoms with E-state index in [1.54, 1.807) is 0 Å². The number of rotatable bonds is 16. The Morgan fingerprint density at radius 2 is 1.24 bits per heavy atom. The quantitative estimate of drug-likeness (QED) is 0.212. The van der Waals surface area contributed by atoms with Crippen molar-refractivity contribution < 1.29 is 19.2 Å². The van der Waals surface area contributed by atoms with E-state index in [0.29, 0.717) is 25.3 Å². The Morgan fingerprint density at radius 1 is 0.655 bits per heavy atom. The molecule has 0 atom stereocenters. The summed E-state index contributed by atoms with van der Waals surface area (Å²) in [5.41, 5.74) is 0. The lowest BCUT2D eigenvalue weighted by Crippen LogP contribution is -2.40. The Bertz CT molecular complexity index is 493. The topological polar surface area (TPSA) is 116 Å². The zero-order chi connectivity index (χ0) is 21.7. The maximum absolute atomic E-state index is 11.7. The maximum atomic E-state index is 11.7. The number of carbonyl (C=O) groups excluding carboxylic acids is 4. The maximum Gasteiger partial charge on any atom is 0.321 e. The standard InChI is InChI=1S/C19H36N4O4S2/c1-3-5-7-9-11-16(24)22-19(27)21-13-14-28-29-15-17(25)23-18(26)20-12-10-8-6-4-2/h3-15H2,1-2H3,(H2,20,23,25,26)(H2,21,22,24,27). The molecule has 0 fully saturated rings. The number of unbranched alkanes of at least 4 members (excludes halogenated alkanes) is 6. The highest BCUT2D eigenvalue weighted by atomic mass is 33.1. The van der Waals surface area contributed by atoms with Gasteiger partial charge in [0.2, 0.25) is 11.8 Å². The van der Waals surface area contributed by atoms with Crippen LogP contribution < -0.4 is 21.3 Å². The van der Waals surface area contributed by atoms with E-state index in [1.165, 1.54) is 21.6 Å². The molecule has 0 unspecified atom stereocenters. The van der Waals surface area contributed by atoms with Crippen molar-refractivity contribution in [3.8, 4) is 0 Å². The number of imide groups is 2. The molecule has 10 heteroatoms. The summed E-state index contributed by atoms with van der Waals surface area (Å²) in [6.45, 7) is 5.17. The van der Waals surface area contributed by atoms with Gasteiger partial charge >= 0.3 is 12.1 Å². The van der Waals surface area contributed by atoms with Crippen LogP contribution in [-0.2, 0) is 9.59 Å². The van der Waals surface area contributed by atoms with Gasteiger partial charge in [-0.3, -0.25) is 20.2 Å². The molecule has 29 heavy (non-hydrogen) atoms. The molecule has 0 aromatic heterocycles. The highest BCUT2D eigenvalue weighted by Crippen LogP contribution is 2.19. The predicted octanol–water partition coefficient (Wildman–Crippen LogP) is 3.57. The molecule has 0 aliphatic carbocycles. The van der Waals surface area contributed by atoms with Gasteiger partial charge < -0.3 is 10.6 Å². The monoisotopic (exact) mass is 448 g/mol. The molecule has 4 N–H and O–H groups in total. The van der Waals surface area contributed by atoms with Gasteiger partial charge in [-0.25, -0.2) is 9.59 Å². The molecule has 0 bridgehead atoms. The third-order valence-corrected chi connectivity index (χ3v) is 6.09. The zero-order valence-corrected chi connectivity index (χ0v) is 19.3. The first kappa shape index (κ1) is 27.6. The highest BCUT2D eigenvalue weighted by Gasteiger charge is 2.08. The van der Waals surface area contributed by atoms with E-state index < -0.39 is 12.1 Å². The van der Waals surface area contributed by atoms with Crippen LogP contribution in [0, 0.1) is 0 Å². The van der Waals surface area contributed by atoms with Gasteiger partial charge in [-0.15, -0.1) is 0 Å². The number of nitrogens with one attached hydrogen (secondary N) is 4. The Labute approximate surface area is 182 Å². The van der Waals surface area contributed by atoms with Crippen LogP contribution >= 0.6 is 21.6 Å². The molecular formula is C19H36N4O4S2. The number of hydrogen-bond acceptors (Lipinski definition) is 6. The van der Waals surface area contributed by atoms with Gasteiger partial charge in [0.05, 0.1) is 5.75 Å². The Kier molecular flexibility index (Phi) is 18.9. The molecule has 168 valence electrons. The molecular weight excluding hydrogens is 412 g/mol. The van der Waals surface area contributed by atoms with Gasteiger partial charge in [0.15, 0.2) is 0 Å². The van der Waals surface area contributed by atoms with Crippen molar-refractivity contribution in [2.24, 2.45) is 0 Å². The first-order valence-electron chi connectivity index (χ1n) is 10.4. The summed E-state index contributed by atoms with van der Waals surface area (Å²) >= 11 is 0. The molecule has 0 saturated carbocycles. The van der Waals surface area contributed by atoms with Crippen LogP contribution in [-0.4, -0.2) is 48.5 Å².